The van der Waals surface area contributed by atoms with Crippen LogP contribution in [-0.4, -0.2) is 144 Å². The number of rotatable bonds is 7. The highest BCUT2D eigenvalue weighted by Gasteiger charge is 2.36. The number of imidazole rings is 1. The van der Waals surface area contributed by atoms with E-state index in [1.807, 2.05) is 47.1 Å². The number of urea groups is 1. The van der Waals surface area contributed by atoms with Crippen LogP contribution < -0.4 is 10.1 Å². The average Bonchev–Trinajstić information content (AvgIpc) is 3.48. The molecule has 0 bridgehead atoms. The number of aromatic nitrogens is 2. The lowest BCUT2D eigenvalue weighted by atomic mass is 9.99. The van der Waals surface area contributed by atoms with E-state index in [9.17, 15) is 14.4 Å². The van der Waals surface area contributed by atoms with Gasteiger partial charge in [0.2, 0.25) is 0 Å². The lowest BCUT2D eigenvalue weighted by Gasteiger charge is -2.42. The second kappa shape index (κ2) is 14.9. The van der Waals surface area contributed by atoms with Gasteiger partial charge in [-0.2, -0.15) is 4.98 Å². The van der Waals surface area contributed by atoms with Gasteiger partial charge in [0.05, 0.1) is 18.1 Å². The van der Waals surface area contributed by atoms with Crippen molar-refractivity contribution >= 4 is 34.8 Å². The summed E-state index contributed by atoms with van der Waals surface area (Å²) in [5, 5.41) is 3.06. The number of ether oxygens (including phenoxy) is 2. The Hall–Kier alpha value is -4.36. The van der Waals surface area contributed by atoms with Gasteiger partial charge in [-0.25, -0.2) is 9.59 Å². The Morgan fingerprint density at radius 3 is 2.36 bits per heavy atom. The minimum absolute atomic E-state index is 0.0212. The Bertz CT molecular complexity index is 1690. The number of piperidine rings is 2. The highest BCUT2D eigenvalue weighted by molar-refractivity contribution is 5.91. The molecule has 0 aliphatic carbocycles. The van der Waals surface area contributed by atoms with Crippen LogP contribution in [0.2, 0.25) is 0 Å². The van der Waals surface area contributed by atoms with Crippen molar-refractivity contribution in [2.45, 2.75) is 63.6 Å². The van der Waals surface area contributed by atoms with Gasteiger partial charge in [-0.15, -0.1) is 0 Å². The number of hydrogen-bond donors (Lipinski definition) is 2. The number of aromatic amines is 1. The maximum absolute atomic E-state index is 14.2. The summed E-state index contributed by atoms with van der Waals surface area (Å²) in [5.74, 6) is -0.150. The highest BCUT2D eigenvalue weighted by atomic mass is 16.6. The number of nitrogens with one attached hydrogen (secondary N) is 2. The van der Waals surface area contributed by atoms with Crippen LogP contribution in [0, 0.1) is 6.92 Å². The van der Waals surface area contributed by atoms with Crippen LogP contribution in [0.4, 0.5) is 15.3 Å². The molecule has 5 heterocycles. The summed E-state index contributed by atoms with van der Waals surface area (Å²) >= 11 is 0. The molecular formula is C37H50N8O5. The number of nitrogens with zero attached hydrogens (tertiary/aromatic N) is 6. The van der Waals surface area contributed by atoms with E-state index in [0.29, 0.717) is 57.6 Å². The minimum Gasteiger partial charge on any atom is -0.468 e. The SMILES string of the molecule is COc1nc2cc(CC(OC(=O)N3CCC(N4CCc5ccccc5NC4=O)CC3)C(=O)N3CCC(N4CCN(C)CC4)CC3)cc(C)c2[nH]1. The van der Waals surface area contributed by atoms with Crippen LogP contribution in [0.1, 0.15) is 42.4 Å². The van der Waals surface area contributed by atoms with Gasteiger partial charge in [-0.05, 0) is 74.9 Å². The molecule has 0 radical (unpaired) electrons. The van der Waals surface area contributed by atoms with E-state index in [2.05, 4.69) is 38.2 Å². The van der Waals surface area contributed by atoms with Gasteiger partial charge in [0.1, 0.15) is 0 Å². The van der Waals surface area contributed by atoms with Gasteiger partial charge in [0.15, 0.2) is 6.10 Å². The number of hydrogen-bond acceptors (Lipinski definition) is 8. The van der Waals surface area contributed by atoms with Crippen molar-refractivity contribution in [3.05, 3.63) is 53.1 Å². The molecule has 268 valence electrons. The molecule has 3 aromatic rings. The van der Waals surface area contributed by atoms with Gasteiger partial charge >= 0.3 is 12.1 Å². The first-order chi connectivity index (χ1) is 24.2. The molecule has 4 aliphatic rings. The first kappa shape index (κ1) is 34.1. The molecule has 2 aromatic carbocycles. The maximum Gasteiger partial charge on any atom is 0.410 e. The molecule has 4 aliphatic heterocycles. The van der Waals surface area contributed by atoms with Gasteiger partial charge < -0.3 is 39.4 Å². The fourth-order valence-electron chi connectivity index (χ4n) is 8.08. The number of amides is 4. The Balaban J connectivity index is 1.01. The number of para-hydroxylation sites is 1. The third kappa shape index (κ3) is 7.39. The van der Waals surface area contributed by atoms with E-state index in [-0.39, 0.29) is 24.4 Å². The number of carbonyl (C=O) groups excluding carboxylic acids is 3. The van der Waals surface area contributed by atoms with E-state index < -0.39 is 12.2 Å². The summed E-state index contributed by atoms with van der Waals surface area (Å²) in [6, 6.07) is 12.7. The molecule has 13 heteroatoms. The number of piperazine rings is 1. The normalized spacial score (nSPS) is 20.7. The van der Waals surface area contributed by atoms with Crippen LogP contribution in [-0.2, 0) is 22.4 Å². The Morgan fingerprint density at radius 2 is 1.62 bits per heavy atom. The summed E-state index contributed by atoms with van der Waals surface area (Å²) in [4.78, 5) is 59.2. The largest absolute Gasteiger partial charge is 0.468 e. The van der Waals surface area contributed by atoms with Crippen molar-refractivity contribution in [1.29, 1.82) is 0 Å². The van der Waals surface area contributed by atoms with E-state index in [1.165, 1.54) is 0 Å². The van der Waals surface area contributed by atoms with Crippen molar-refractivity contribution in [3.63, 3.8) is 0 Å². The standard InChI is InChI=1S/C37H50N8O5/c1-25-22-26(23-31-33(25)40-35(38-31)49-3)24-32(34(46)43-13-9-28(10-14-43)42-20-18-41(2)19-21-42)50-37(48)44-15-11-29(12-16-44)45-17-8-27-6-4-5-7-30(27)39-36(45)47/h4-7,22-23,28-29,32H,8-21,24H2,1-3H3,(H,38,40)(H,39,47). The average molecular weight is 687 g/mol. The number of H-pyrrole nitrogens is 1. The molecule has 0 spiro atoms. The molecule has 3 fully saturated rings. The van der Waals surface area contributed by atoms with E-state index in [4.69, 9.17) is 9.47 Å². The van der Waals surface area contributed by atoms with Gasteiger partial charge in [-0.3, -0.25) is 9.69 Å². The molecular weight excluding hydrogens is 636 g/mol. The zero-order chi connectivity index (χ0) is 34.8. The smallest absolute Gasteiger partial charge is 0.410 e. The molecule has 7 rings (SSSR count). The quantitative estimate of drug-likeness (QED) is 0.386. The van der Waals surface area contributed by atoms with Crippen molar-refractivity contribution in [2.24, 2.45) is 0 Å². The number of anilines is 1. The number of methoxy groups -OCH3 is 1. The number of likely N-dealkylation sites (N-methyl/N-ethyl adjacent to an activating group) is 1. The van der Waals surface area contributed by atoms with Gasteiger partial charge in [0.25, 0.3) is 11.9 Å². The number of carbonyl (C=O) groups is 3. The Morgan fingerprint density at radius 1 is 0.920 bits per heavy atom. The molecule has 1 atom stereocenters. The molecule has 0 saturated carbocycles. The van der Waals surface area contributed by atoms with Crippen molar-refractivity contribution in [2.75, 3.05) is 78.4 Å². The monoisotopic (exact) mass is 686 g/mol. The second-order valence-electron chi connectivity index (χ2n) is 14.3. The summed E-state index contributed by atoms with van der Waals surface area (Å²) < 4.78 is 11.5. The molecule has 1 aromatic heterocycles. The Labute approximate surface area is 293 Å². The lowest BCUT2D eigenvalue weighted by Crippen LogP contribution is -2.54. The highest BCUT2D eigenvalue weighted by Crippen LogP contribution is 2.27. The van der Waals surface area contributed by atoms with E-state index in [1.54, 1.807) is 12.0 Å². The number of benzene rings is 2. The molecule has 2 N–H and O–H groups in total. The predicted molar refractivity (Wildman–Crippen MR) is 190 cm³/mol. The van der Waals surface area contributed by atoms with Crippen molar-refractivity contribution in [3.8, 4) is 6.01 Å². The molecule has 4 amide bonds. The van der Waals surface area contributed by atoms with Crippen LogP contribution >= 0.6 is 0 Å². The maximum atomic E-state index is 14.2. The number of aryl methyl sites for hydroxylation is 1. The van der Waals surface area contributed by atoms with E-state index >= 15 is 0 Å². The fraction of sp³-hybridized carbons (Fsp3) is 0.568. The van der Waals surface area contributed by atoms with Gasteiger partial charge in [0, 0.05) is 83.1 Å². The molecule has 50 heavy (non-hydrogen) atoms. The van der Waals surface area contributed by atoms with Crippen LogP contribution in [0.25, 0.3) is 11.0 Å². The summed E-state index contributed by atoms with van der Waals surface area (Å²) in [7, 11) is 3.73. The van der Waals surface area contributed by atoms with E-state index in [0.717, 1.165) is 78.9 Å². The summed E-state index contributed by atoms with van der Waals surface area (Å²) in [5.41, 5.74) is 5.45. The zero-order valence-electron chi connectivity index (χ0n) is 29.5. The molecule has 3 saturated heterocycles. The Kier molecular flexibility index (Phi) is 10.1. The van der Waals surface area contributed by atoms with Gasteiger partial charge in [-0.1, -0.05) is 24.3 Å². The van der Waals surface area contributed by atoms with Crippen molar-refractivity contribution in [1.82, 2.24) is 34.5 Å². The molecule has 1 unspecified atom stereocenters. The van der Waals surface area contributed by atoms with Crippen LogP contribution in [0.15, 0.2) is 36.4 Å². The van der Waals surface area contributed by atoms with Crippen molar-refractivity contribution < 1.29 is 23.9 Å². The summed E-state index contributed by atoms with van der Waals surface area (Å²) in [6.45, 7) is 9.07. The second-order valence-corrected chi connectivity index (χ2v) is 14.3. The lowest BCUT2D eigenvalue weighted by molar-refractivity contribution is -0.142. The van der Waals surface area contributed by atoms with Crippen LogP contribution in [0.5, 0.6) is 6.01 Å². The minimum atomic E-state index is -0.965. The summed E-state index contributed by atoms with van der Waals surface area (Å²) in [6.07, 6.45) is 2.70. The van der Waals surface area contributed by atoms with Crippen LogP contribution in [0.3, 0.4) is 0 Å². The third-order valence-electron chi connectivity index (χ3n) is 11.1. The fourth-order valence-corrected chi connectivity index (χ4v) is 8.08. The topological polar surface area (TPSA) is 127 Å². The zero-order valence-corrected chi connectivity index (χ0v) is 29.5. The first-order valence-corrected chi connectivity index (χ1v) is 18.1. The number of fused-ring (bicyclic) bond motifs is 2. The number of likely N-dealkylation sites (tertiary alicyclic amines) is 2. The predicted octanol–water partition coefficient (Wildman–Crippen LogP) is 3.72. The third-order valence-corrected chi connectivity index (χ3v) is 11.1. The first-order valence-electron chi connectivity index (χ1n) is 18.1. The molecule has 13 nitrogen and oxygen atoms in total.